The van der Waals surface area contributed by atoms with Gasteiger partial charge in [0.25, 0.3) is 0 Å². The summed E-state index contributed by atoms with van der Waals surface area (Å²) >= 11 is 0. The molecule has 0 bridgehead atoms. The van der Waals surface area contributed by atoms with Crippen LogP contribution >= 0.6 is 0 Å². The topological polar surface area (TPSA) is 165 Å². The molecule has 0 heterocycles. The molecule has 0 spiro atoms. The molecule has 0 unspecified atom stereocenters. The lowest BCUT2D eigenvalue weighted by Gasteiger charge is -2.27. The van der Waals surface area contributed by atoms with Crippen LogP contribution in [-0.4, -0.2) is 103 Å². The first kappa shape index (κ1) is 39.7. The SMILES string of the molecule is CC(C)(C)OC(=O)N(C/C=C/CN(C/C=C/CN(C(=O)OC(C)(C)C)S(=O)(=O)C1C=CC=C1)S(=O)(=O)C1C=CC=C1)S(=O)(=O)C1C=CC=C1. The molecule has 0 aromatic carbocycles. The molecule has 0 N–H and O–H groups in total. The average Bonchev–Trinajstić information content (AvgIpc) is 3.77. The van der Waals surface area contributed by atoms with Crippen molar-refractivity contribution in [1.29, 1.82) is 0 Å². The first-order valence-electron chi connectivity index (χ1n) is 15.5. The maximum Gasteiger partial charge on any atom is 0.424 e. The van der Waals surface area contributed by atoms with Gasteiger partial charge in [-0.3, -0.25) is 0 Å². The molecule has 0 saturated heterocycles. The van der Waals surface area contributed by atoms with E-state index in [9.17, 15) is 34.8 Å². The predicted molar refractivity (Wildman–Crippen MR) is 189 cm³/mol. The minimum absolute atomic E-state index is 0.220. The Kier molecular flexibility index (Phi) is 12.9. The Balaban J connectivity index is 1.82. The van der Waals surface area contributed by atoms with Gasteiger partial charge < -0.3 is 9.47 Å². The third-order valence-electron chi connectivity index (χ3n) is 6.83. The quantitative estimate of drug-likeness (QED) is 0.234. The Morgan fingerprint density at radius 2 is 0.776 bits per heavy atom. The minimum atomic E-state index is -4.20. The van der Waals surface area contributed by atoms with E-state index >= 15 is 0 Å². The van der Waals surface area contributed by atoms with Gasteiger partial charge >= 0.3 is 12.2 Å². The van der Waals surface area contributed by atoms with Crippen LogP contribution < -0.4 is 0 Å². The lowest BCUT2D eigenvalue weighted by molar-refractivity contribution is 0.0391. The van der Waals surface area contributed by atoms with E-state index in [1.165, 1.54) is 60.8 Å². The zero-order chi connectivity index (χ0) is 36.7. The molecule has 0 aromatic heterocycles. The summed E-state index contributed by atoms with van der Waals surface area (Å²) in [5.74, 6) is 0. The van der Waals surface area contributed by atoms with Gasteiger partial charge in [-0.05, 0) is 41.5 Å². The second-order valence-electron chi connectivity index (χ2n) is 13.1. The maximum atomic E-state index is 13.5. The van der Waals surface area contributed by atoms with E-state index in [2.05, 4.69) is 0 Å². The van der Waals surface area contributed by atoms with Crippen LogP contribution in [0.25, 0.3) is 0 Å². The molecule has 2 amide bonds. The van der Waals surface area contributed by atoms with E-state index in [-0.39, 0.29) is 13.1 Å². The normalized spacial score (nSPS) is 17.4. The second kappa shape index (κ2) is 15.9. The van der Waals surface area contributed by atoms with Crippen LogP contribution in [0, 0.1) is 0 Å². The number of amides is 2. The van der Waals surface area contributed by atoms with Gasteiger partial charge in [0, 0.05) is 13.1 Å². The van der Waals surface area contributed by atoms with Gasteiger partial charge in [0.05, 0.1) is 13.1 Å². The molecular weight excluding hydrogens is 695 g/mol. The Bertz CT molecular complexity index is 1670. The van der Waals surface area contributed by atoms with Gasteiger partial charge in [-0.15, -0.1) is 0 Å². The number of ether oxygens (including phenoxy) is 2. The number of allylic oxidation sites excluding steroid dienone is 6. The number of hydrogen-bond acceptors (Lipinski definition) is 10. The molecule has 0 radical (unpaired) electrons. The van der Waals surface area contributed by atoms with E-state index in [0.717, 1.165) is 4.31 Å². The third-order valence-corrected chi connectivity index (χ3v) is 12.7. The van der Waals surface area contributed by atoms with E-state index in [1.54, 1.807) is 78.0 Å². The molecule has 13 nitrogen and oxygen atoms in total. The molecule has 49 heavy (non-hydrogen) atoms. The van der Waals surface area contributed by atoms with Crippen molar-refractivity contribution in [3.63, 3.8) is 0 Å². The van der Waals surface area contributed by atoms with Crippen molar-refractivity contribution >= 4 is 42.3 Å². The number of nitrogens with zero attached hydrogens (tertiary/aromatic N) is 3. The largest absolute Gasteiger partial charge is 0.443 e. The molecule has 270 valence electrons. The van der Waals surface area contributed by atoms with Crippen LogP contribution in [0.15, 0.2) is 97.2 Å². The van der Waals surface area contributed by atoms with Gasteiger partial charge in [-0.25, -0.2) is 34.8 Å². The Hall–Kier alpha value is -3.73. The first-order chi connectivity index (χ1) is 22.7. The molecule has 0 atom stereocenters. The number of hydrogen-bond donors (Lipinski definition) is 0. The van der Waals surface area contributed by atoms with Crippen molar-refractivity contribution in [2.45, 2.75) is 68.5 Å². The molecule has 3 aliphatic rings. The van der Waals surface area contributed by atoms with Crippen LogP contribution in [0.2, 0.25) is 0 Å². The van der Waals surface area contributed by atoms with Crippen molar-refractivity contribution in [2.24, 2.45) is 0 Å². The molecule has 16 heteroatoms. The van der Waals surface area contributed by atoms with Crippen LogP contribution in [-0.2, 0) is 39.5 Å². The van der Waals surface area contributed by atoms with Gasteiger partial charge in [-0.2, -0.15) is 12.9 Å². The van der Waals surface area contributed by atoms with Gasteiger partial charge in [0.1, 0.15) is 27.0 Å². The summed E-state index contributed by atoms with van der Waals surface area (Å²) in [6.45, 7) is 8.35. The summed E-state index contributed by atoms with van der Waals surface area (Å²) in [5, 5.41) is -3.10. The lowest BCUT2D eigenvalue weighted by atomic mass is 10.2. The Morgan fingerprint density at radius 3 is 1.06 bits per heavy atom. The van der Waals surface area contributed by atoms with Crippen molar-refractivity contribution in [1.82, 2.24) is 12.9 Å². The third kappa shape index (κ3) is 10.9. The molecule has 0 saturated carbocycles. The molecule has 3 rings (SSSR count). The van der Waals surface area contributed by atoms with Gasteiger partial charge in [0.15, 0.2) is 0 Å². The molecular formula is C33H45N3O10S3. The average molecular weight is 740 g/mol. The van der Waals surface area contributed by atoms with Gasteiger partial charge in [-0.1, -0.05) is 97.2 Å². The highest BCUT2D eigenvalue weighted by atomic mass is 32.2. The van der Waals surface area contributed by atoms with E-state index in [4.69, 9.17) is 9.47 Å². The zero-order valence-electron chi connectivity index (χ0n) is 28.4. The lowest BCUT2D eigenvalue weighted by Crippen LogP contribution is -2.44. The zero-order valence-corrected chi connectivity index (χ0v) is 30.9. The number of carbonyl (C=O) groups is 2. The fourth-order valence-corrected chi connectivity index (χ4v) is 8.83. The summed E-state index contributed by atoms with van der Waals surface area (Å²) in [4.78, 5) is 25.9. The fourth-order valence-electron chi connectivity index (χ4n) is 4.49. The smallest absolute Gasteiger partial charge is 0.424 e. The monoisotopic (exact) mass is 739 g/mol. The van der Waals surface area contributed by atoms with Crippen LogP contribution in [0.1, 0.15) is 41.5 Å². The van der Waals surface area contributed by atoms with Crippen molar-refractivity contribution in [3.8, 4) is 0 Å². The highest BCUT2D eigenvalue weighted by Crippen LogP contribution is 2.22. The second-order valence-corrected chi connectivity index (χ2v) is 19.2. The molecule has 0 fully saturated rings. The van der Waals surface area contributed by atoms with Crippen molar-refractivity contribution < 1.29 is 44.3 Å². The number of sulfonamides is 3. The fraction of sp³-hybridized carbons (Fsp3) is 0.455. The maximum absolute atomic E-state index is 13.5. The summed E-state index contributed by atoms with van der Waals surface area (Å²) in [5.41, 5.74) is -1.95. The number of rotatable bonds is 14. The highest BCUT2D eigenvalue weighted by molar-refractivity contribution is 7.91. The summed E-state index contributed by atoms with van der Waals surface area (Å²) in [7, 11) is -12.4. The van der Waals surface area contributed by atoms with Crippen molar-refractivity contribution in [3.05, 3.63) is 97.2 Å². The molecule has 0 aliphatic heterocycles. The minimum Gasteiger partial charge on any atom is -0.443 e. The highest BCUT2D eigenvalue weighted by Gasteiger charge is 2.37. The Morgan fingerprint density at radius 1 is 0.510 bits per heavy atom. The van der Waals surface area contributed by atoms with Crippen LogP contribution in [0.3, 0.4) is 0 Å². The molecule has 3 aliphatic carbocycles. The van der Waals surface area contributed by atoms with E-state index in [1.807, 2.05) is 0 Å². The van der Waals surface area contributed by atoms with Crippen LogP contribution in [0.4, 0.5) is 9.59 Å². The van der Waals surface area contributed by atoms with Crippen molar-refractivity contribution in [2.75, 3.05) is 26.2 Å². The Labute approximate surface area is 290 Å². The van der Waals surface area contributed by atoms with Gasteiger partial charge in [0.2, 0.25) is 30.1 Å². The standard InChI is InChI=1S/C33H45N3O10S3/c1-32(2,3)45-30(37)35(48(41,42)28-19-9-10-20-28)25-15-13-23-34(47(39,40)27-17-7-8-18-27)24-14-16-26-36(31(38)46-33(4,5)6)49(43,44)29-21-11-12-22-29/h7-22,27-29H,23-26H2,1-6H3/b15-13+,16-14+. The summed E-state index contributed by atoms with van der Waals surface area (Å²) in [6.07, 6.45) is 21.5. The number of carbonyl (C=O) groups excluding carboxylic acids is 2. The molecule has 0 aromatic rings. The summed E-state index contributed by atoms with van der Waals surface area (Å²) in [6, 6.07) is 0. The van der Waals surface area contributed by atoms with E-state index < -0.39 is 82.3 Å². The first-order valence-corrected chi connectivity index (χ1v) is 20.0. The summed E-state index contributed by atoms with van der Waals surface area (Å²) < 4.78 is 93.3. The predicted octanol–water partition coefficient (Wildman–Crippen LogP) is 4.35. The van der Waals surface area contributed by atoms with E-state index in [0.29, 0.717) is 8.61 Å². The van der Waals surface area contributed by atoms with Crippen LogP contribution in [0.5, 0.6) is 0 Å².